The second kappa shape index (κ2) is 5.37. The molecule has 0 saturated heterocycles. The van der Waals surface area contributed by atoms with E-state index in [0.717, 1.165) is 17.4 Å². The van der Waals surface area contributed by atoms with Crippen LogP contribution in [0.2, 0.25) is 25.7 Å². The number of amides is 1. The number of rotatable bonds is 5. The fraction of sp³-hybridized carbons (Fsp3) is 0.538. The van der Waals surface area contributed by atoms with E-state index < -0.39 is 13.3 Å². The van der Waals surface area contributed by atoms with Crippen LogP contribution in [0.25, 0.3) is 0 Å². The van der Waals surface area contributed by atoms with Gasteiger partial charge in [0, 0.05) is 26.1 Å². The molecule has 20 heavy (non-hydrogen) atoms. The van der Waals surface area contributed by atoms with Crippen LogP contribution in [-0.4, -0.2) is 48.0 Å². The van der Waals surface area contributed by atoms with Gasteiger partial charge in [0.1, 0.15) is 28.2 Å². The molecule has 0 saturated carbocycles. The highest BCUT2D eigenvalue weighted by molar-refractivity contribution is 6.76. The van der Waals surface area contributed by atoms with Crippen molar-refractivity contribution in [2.45, 2.75) is 30.9 Å². The SMILES string of the molecule is BC1(B)C(=O)N(COCC[Si](C)(C)C)c2ncccc21. The first kappa shape index (κ1) is 15.3. The number of hydrogen-bond donors (Lipinski definition) is 0. The van der Waals surface area contributed by atoms with E-state index in [4.69, 9.17) is 4.74 Å². The maximum absolute atomic E-state index is 12.5. The summed E-state index contributed by atoms with van der Waals surface area (Å²) in [4.78, 5) is 18.5. The molecule has 0 aliphatic carbocycles. The third kappa shape index (κ3) is 2.98. The Morgan fingerprint density at radius 1 is 1.40 bits per heavy atom. The first-order valence-corrected chi connectivity index (χ1v) is 10.8. The number of anilines is 1. The van der Waals surface area contributed by atoms with Crippen molar-refractivity contribution in [2.24, 2.45) is 0 Å². The van der Waals surface area contributed by atoms with E-state index in [1.165, 1.54) is 0 Å². The zero-order valence-electron chi connectivity index (χ0n) is 13.1. The van der Waals surface area contributed by atoms with Crippen LogP contribution in [0.15, 0.2) is 18.3 Å². The summed E-state index contributed by atoms with van der Waals surface area (Å²) in [6.45, 7) is 7.96. The Morgan fingerprint density at radius 2 is 2.10 bits per heavy atom. The van der Waals surface area contributed by atoms with Crippen LogP contribution in [0.4, 0.5) is 5.82 Å². The lowest BCUT2D eigenvalue weighted by Crippen LogP contribution is -2.42. The molecule has 2 rings (SSSR count). The number of carbonyl (C=O) groups is 1. The average Bonchev–Trinajstić information content (AvgIpc) is 2.54. The van der Waals surface area contributed by atoms with Crippen LogP contribution in [0.5, 0.6) is 0 Å². The van der Waals surface area contributed by atoms with Gasteiger partial charge in [-0.3, -0.25) is 9.69 Å². The van der Waals surface area contributed by atoms with Crippen molar-refractivity contribution in [3.8, 4) is 0 Å². The molecule has 0 aromatic carbocycles. The first-order chi connectivity index (χ1) is 9.23. The second-order valence-electron chi connectivity index (χ2n) is 7.08. The molecule has 4 nitrogen and oxygen atoms in total. The molecule has 1 aliphatic heterocycles. The van der Waals surface area contributed by atoms with Crippen LogP contribution in [-0.2, 0) is 14.7 Å². The molecule has 1 amide bonds. The van der Waals surface area contributed by atoms with Gasteiger partial charge in [-0.05, 0) is 17.7 Å². The summed E-state index contributed by atoms with van der Waals surface area (Å²) < 4.78 is 5.71. The Labute approximate surface area is 123 Å². The van der Waals surface area contributed by atoms with Gasteiger partial charge < -0.3 is 4.74 Å². The molecular formula is C13H22B2N2O2Si. The Balaban J connectivity index is 2.04. The Hall–Kier alpha value is -1.07. The highest BCUT2D eigenvalue weighted by atomic mass is 28.3. The van der Waals surface area contributed by atoms with Crippen LogP contribution in [0.3, 0.4) is 0 Å². The Bertz CT molecular complexity index is 517. The van der Waals surface area contributed by atoms with E-state index in [9.17, 15) is 4.79 Å². The number of ether oxygens (including phenoxy) is 1. The summed E-state index contributed by atoms with van der Waals surface area (Å²) in [5.41, 5.74) is 0.985. The Morgan fingerprint density at radius 3 is 2.75 bits per heavy atom. The third-order valence-corrected chi connectivity index (χ3v) is 5.42. The minimum atomic E-state index is -1.10. The molecule has 1 aromatic heterocycles. The van der Waals surface area contributed by atoms with E-state index in [1.54, 1.807) is 11.1 Å². The van der Waals surface area contributed by atoms with E-state index in [-0.39, 0.29) is 5.91 Å². The van der Waals surface area contributed by atoms with Crippen LogP contribution in [0.1, 0.15) is 5.56 Å². The predicted molar refractivity (Wildman–Crippen MR) is 89.5 cm³/mol. The van der Waals surface area contributed by atoms with Crippen molar-refractivity contribution in [1.82, 2.24) is 4.98 Å². The number of aromatic nitrogens is 1. The molecule has 0 bridgehead atoms. The van der Waals surface area contributed by atoms with Crippen molar-refractivity contribution in [3.63, 3.8) is 0 Å². The van der Waals surface area contributed by atoms with Gasteiger partial charge in [0.25, 0.3) is 0 Å². The van der Waals surface area contributed by atoms with E-state index in [2.05, 4.69) is 24.6 Å². The molecule has 1 aliphatic rings. The van der Waals surface area contributed by atoms with Crippen LogP contribution < -0.4 is 4.90 Å². The molecule has 0 fully saturated rings. The van der Waals surface area contributed by atoms with Gasteiger partial charge in [-0.2, -0.15) is 0 Å². The summed E-state index contributed by atoms with van der Waals surface area (Å²) in [5, 5.41) is -0.508. The summed E-state index contributed by atoms with van der Waals surface area (Å²) >= 11 is 0. The molecule has 0 radical (unpaired) electrons. The standard InChI is InChI=1S/C13H22B2N2O2Si/c1-20(2,3)8-7-19-9-17-11-10(5-4-6-16-11)13(14,15)12(17)18/h4-6H,7-9,14-15H2,1-3H3. The van der Waals surface area contributed by atoms with Gasteiger partial charge >= 0.3 is 0 Å². The predicted octanol–water partition coefficient (Wildman–Crippen LogP) is 0.159. The van der Waals surface area contributed by atoms with Crippen LogP contribution >= 0.6 is 0 Å². The maximum Gasteiger partial charge on any atom is 0.224 e. The maximum atomic E-state index is 12.5. The van der Waals surface area contributed by atoms with Gasteiger partial charge in [-0.25, -0.2) is 4.98 Å². The lowest BCUT2D eigenvalue weighted by Gasteiger charge is -2.21. The quantitative estimate of drug-likeness (QED) is 0.572. The van der Waals surface area contributed by atoms with Crippen molar-refractivity contribution >= 4 is 35.5 Å². The van der Waals surface area contributed by atoms with Crippen molar-refractivity contribution < 1.29 is 9.53 Å². The minimum Gasteiger partial charge on any atom is -0.361 e. The lowest BCUT2D eigenvalue weighted by molar-refractivity contribution is -0.119. The summed E-state index contributed by atoms with van der Waals surface area (Å²) in [7, 11) is 2.79. The fourth-order valence-corrected chi connectivity index (χ4v) is 3.06. The molecule has 0 N–H and O–H groups in total. The average molecular weight is 288 g/mol. The van der Waals surface area contributed by atoms with Crippen molar-refractivity contribution in [2.75, 3.05) is 18.2 Å². The van der Waals surface area contributed by atoms with Gasteiger partial charge in [0.2, 0.25) is 5.91 Å². The fourth-order valence-electron chi connectivity index (χ4n) is 2.30. The third-order valence-electron chi connectivity index (χ3n) is 3.71. The Kier molecular flexibility index (Phi) is 4.11. The van der Waals surface area contributed by atoms with Crippen molar-refractivity contribution in [1.29, 1.82) is 0 Å². The van der Waals surface area contributed by atoms with Gasteiger partial charge in [0.15, 0.2) is 0 Å². The molecule has 2 heterocycles. The summed E-state index contributed by atoms with van der Waals surface area (Å²) in [5.74, 6) is 0.815. The van der Waals surface area contributed by atoms with Gasteiger partial charge in [0.05, 0.1) is 0 Å². The van der Waals surface area contributed by atoms with Gasteiger partial charge in [-0.1, -0.05) is 25.7 Å². The molecule has 7 heteroatoms. The highest BCUT2D eigenvalue weighted by Crippen LogP contribution is 2.35. The van der Waals surface area contributed by atoms with E-state index in [1.807, 2.05) is 27.8 Å². The highest BCUT2D eigenvalue weighted by Gasteiger charge is 2.44. The molecule has 1 aromatic rings. The van der Waals surface area contributed by atoms with E-state index in [0.29, 0.717) is 13.3 Å². The van der Waals surface area contributed by atoms with Crippen LogP contribution in [0, 0.1) is 0 Å². The molecule has 0 atom stereocenters. The first-order valence-electron chi connectivity index (χ1n) is 7.09. The molecule has 106 valence electrons. The zero-order valence-corrected chi connectivity index (χ0v) is 14.1. The van der Waals surface area contributed by atoms with Gasteiger partial charge in [-0.15, -0.1) is 0 Å². The summed E-state index contributed by atoms with van der Waals surface area (Å²) in [6.07, 6.45) is 1.72. The largest absolute Gasteiger partial charge is 0.361 e. The number of hydrogen-bond acceptors (Lipinski definition) is 3. The number of fused-ring (bicyclic) bond motifs is 1. The minimum absolute atomic E-state index is 0.0687. The molecule has 0 unspecified atom stereocenters. The zero-order chi connectivity index (χ0) is 15.0. The van der Waals surface area contributed by atoms with Crippen molar-refractivity contribution in [3.05, 3.63) is 23.9 Å². The summed E-state index contributed by atoms with van der Waals surface area (Å²) in [6, 6.07) is 4.96. The number of nitrogens with zero attached hydrogens (tertiary/aromatic N) is 2. The smallest absolute Gasteiger partial charge is 0.224 e. The second-order valence-corrected chi connectivity index (χ2v) is 12.7. The number of pyridine rings is 1. The topological polar surface area (TPSA) is 42.4 Å². The molecule has 0 spiro atoms. The molecular weight excluding hydrogens is 266 g/mol. The monoisotopic (exact) mass is 288 g/mol. The number of carbonyl (C=O) groups excluding carboxylic acids is 1. The normalized spacial score (nSPS) is 17.4. The lowest BCUT2D eigenvalue weighted by atomic mass is 9.52. The van der Waals surface area contributed by atoms with E-state index >= 15 is 0 Å².